The van der Waals surface area contributed by atoms with E-state index in [1.165, 1.54) is 12.1 Å². The minimum Gasteiger partial charge on any atom is -0.358 e. The monoisotopic (exact) mass is 341 g/mol. The zero-order chi connectivity index (χ0) is 16.8. The maximum absolute atomic E-state index is 12.9. The van der Waals surface area contributed by atoms with E-state index in [0.717, 1.165) is 11.1 Å². The molecule has 0 spiro atoms. The van der Waals surface area contributed by atoms with Crippen molar-refractivity contribution in [3.8, 4) is 0 Å². The summed E-state index contributed by atoms with van der Waals surface area (Å²) in [5, 5.41) is 10.8. The normalized spacial score (nSPS) is 10.4. The van der Waals surface area contributed by atoms with Crippen LogP contribution in [0.5, 0.6) is 0 Å². The Morgan fingerprint density at radius 2 is 1.79 bits per heavy atom. The van der Waals surface area contributed by atoms with Gasteiger partial charge in [-0.05, 0) is 35.5 Å². The van der Waals surface area contributed by atoms with Gasteiger partial charge in [-0.25, -0.2) is 14.1 Å². The number of aromatic nitrogens is 3. The maximum atomic E-state index is 12.9. The predicted molar refractivity (Wildman–Crippen MR) is 95.0 cm³/mol. The van der Waals surface area contributed by atoms with E-state index in [2.05, 4.69) is 20.7 Å². The Morgan fingerprint density at radius 3 is 2.54 bits per heavy atom. The Labute approximate surface area is 144 Å². The Bertz CT molecular complexity index is 801. The van der Waals surface area contributed by atoms with Crippen LogP contribution in [0.4, 0.5) is 10.3 Å². The van der Waals surface area contributed by atoms with Crippen molar-refractivity contribution >= 4 is 23.3 Å². The van der Waals surface area contributed by atoms with Gasteiger partial charge in [0.1, 0.15) is 12.1 Å². The van der Waals surface area contributed by atoms with Crippen LogP contribution >= 0.6 is 12.2 Å². The van der Waals surface area contributed by atoms with E-state index in [1.807, 2.05) is 30.3 Å². The SMILES string of the molecule is Fc1ccc(Cn2cnc(NC(=S)NCc3ccccc3)n2)cc1. The summed E-state index contributed by atoms with van der Waals surface area (Å²) in [7, 11) is 0. The topological polar surface area (TPSA) is 54.8 Å². The summed E-state index contributed by atoms with van der Waals surface area (Å²) in [5.41, 5.74) is 2.08. The number of thiocarbonyl (C=S) groups is 1. The summed E-state index contributed by atoms with van der Waals surface area (Å²) >= 11 is 5.24. The molecule has 5 nitrogen and oxygen atoms in total. The lowest BCUT2D eigenvalue weighted by molar-refractivity contribution is 0.624. The lowest BCUT2D eigenvalue weighted by Gasteiger charge is -2.07. The van der Waals surface area contributed by atoms with Crippen LogP contribution in [0.25, 0.3) is 0 Å². The third-order valence-electron chi connectivity index (χ3n) is 3.32. The first-order chi connectivity index (χ1) is 11.7. The first-order valence-corrected chi connectivity index (χ1v) is 7.82. The second-order valence-corrected chi connectivity index (χ2v) is 5.59. The van der Waals surface area contributed by atoms with E-state index in [0.29, 0.717) is 24.2 Å². The van der Waals surface area contributed by atoms with Gasteiger partial charge >= 0.3 is 0 Å². The van der Waals surface area contributed by atoms with Crippen LogP contribution in [-0.2, 0) is 13.1 Å². The van der Waals surface area contributed by atoms with Gasteiger partial charge in [-0.1, -0.05) is 42.5 Å². The first-order valence-electron chi connectivity index (χ1n) is 7.42. The number of nitrogens with zero attached hydrogens (tertiary/aromatic N) is 3. The highest BCUT2D eigenvalue weighted by molar-refractivity contribution is 7.80. The smallest absolute Gasteiger partial charge is 0.248 e. The number of hydrogen-bond donors (Lipinski definition) is 2. The van der Waals surface area contributed by atoms with Crippen LogP contribution in [0, 0.1) is 5.82 Å². The summed E-state index contributed by atoms with van der Waals surface area (Å²) < 4.78 is 14.6. The van der Waals surface area contributed by atoms with Crippen molar-refractivity contribution in [1.29, 1.82) is 0 Å². The molecule has 0 bridgehead atoms. The molecule has 3 rings (SSSR count). The van der Waals surface area contributed by atoms with Gasteiger partial charge in [0, 0.05) is 6.54 Å². The molecule has 3 aromatic rings. The average Bonchev–Trinajstić information content (AvgIpc) is 3.03. The van der Waals surface area contributed by atoms with Crippen molar-refractivity contribution in [3.63, 3.8) is 0 Å². The molecule has 0 aliphatic rings. The molecule has 0 amide bonds. The molecule has 0 saturated carbocycles. The van der Waals surface area contributed by atoms with Crippen LogP contribution in [0.15, 0.2) is 60.9 Å². The maximum Gasteiger partial charge on any atom is 0.248 e. The van der Waals surface area contributed by atoms with Crippen molar-refractivity contribution in [2.75, 3.05) is 5.32 Å². The summed E-state index contributed by atoms with van der Waals surface area (Å²) in [6.07, 6.45) is 1.60. The van der Waals surface area contributed by atoms with Crippen LogP contribution in [0.1, 0.15) is 11.1 Å². The molecule has 0 atom stereocenters. The number of nitrogens with one attached hydrogen (secondary N) is 2. The minimum absolute atomic E-state index is 0.255. The number of anilines is 1. The number of benzene rings is 2. The molecule has 0 aliphatic heterocycles. The zero-order valence-corrected chi connectivity index (χ0v) is 13.6. The zero-order valence-electron chi connectivity index (χ0n) is 12.8. The van der Waals surface area contributed by atoms with Crippen molar-refractivity contribution < 1.29 is 4.39 Å². The predicted octanol–water partition coefficient (Wildman–Crippen LogP) is 2.95. The third kappa shape index (κ3) is 4.60. The number of hydrogen-bond acceptors (Lipinski definition) is 3. The first kappa shape index (κ1) is 16.1. The van der Waals surface area contributed by atoms with Gasteiger partial charge in [0.25, 0.3) is 0 Å². The molecule has 0 saturated heterocycles. The second-order valence-electron chi connectivity index (χ2n) is 5.19. The molecular formula is C17H16FN5S. The van der Waals surface area contributed by atoms with Crippen molar-refractivity contribution in [2.24, 2.45) is 0 Å². The molecule has 2 N–H and O–H groups in total. The van der Waals surface area contributed by atoms with Gasteiger partial charge in [-0.2, -0.15) is 0 Å². The summed E-state index contributed by atoms with van der Waals surface area (Å²) in [4.78, 5) is 4.16. The summed E-state index contributed by atoms with van der Waals surface area (Å²) in [5.74, 6) is 0.164. The molecule has 0 aliphatic carbocycles. The Hall–Kier alpha value is -2.80. The van der Waals surface area contributed by atoms with Gasteiger partial charge in [-0.3, -0.25) is 5.32 Å². The highest BCUT2D eigenvalue weighted by Gasteiger charge is 2.04. The molecule has 1 heterocycles. The molecule has 1 aromatic heterocycles. The summed E-state index contributed by atoms with van der Waals surface area (Å²) in [6.45, 7) is 1.14. The molecular weight excluding hydrogens is 325 g/mol. The Kier molecular flexibility index (Phi) is 5.12. The van der Waals surface area contributed by atoms with E-state index < -0.39 is 0 Å². The van der Waals surface area contributed by atoms with Gasteiger partial charge in [0.15, 0.2) is 5.11 Å². The highest BCUT2D eigenvalue weighted by Crippen LogP contribution is 2.06. The lowest BCUT2D eigenvalue weighted by atomic mass is 10.2. The van der Waals surface area contributed by atoms with E-state index in [-0.39, 0.29) is 5.82 Å². The fourth-order valence-corrected chi connectivity index (χ4v) is 2.29. The fraction of sp³-hybridized carbons (Fsp3) is 0.118. The molecule has 0 radical (unpaired) electrons. The van der Waals surface area contributed by atoms with E-state index in [9.17, 15) is 4.39 Å². The minimum atomic E-state index is -0.255. The largest absolute Gasteiger partial charge is 0.358 e. The molecule has 122 valence electrons. The van der Waals surface area contributed by atoms with Crippen LogP contribution in [0.2, 0.25) is 0 Å². The van der Waals surface area contributed by atoms with Gasteiger partial charge in [0.2, 0.25) is 5.95 Å². The quantitative estimate of drug-likeness (QED) is 0.699. The van der Waals surface area contributed by atoms with E-state index in [4.69, 9.17) is 12.2 Å². The van der Waals surface area contributed by atoms with Gasteiger partial charge in [0.05, 0.1) is 6.54 Å². The summed E-state index contributed by atoms with van der Waals surface area (Å²) in [6, 6.07) is 16.3. The second kappa shape index (κ2) is 7.65. The Balaban J connectivity index is 1.51. The van der Waals surface area contributed by atoms with E-state index >= 15 is 0 Å². The van der Waals surface area contributed by atoms with Crippen LogP contribution < -0.4 is 10.6 Å². The van der Waals surface area contributed by atoms with Crippen molar-refractivity contribution in [1.82, 2.24) is 20.1 Å². The molecule has 0 fully saturated rings. The third-order valence-corrected chi connectivity index (χ3v) is 3.56. The standard InChI is InChI=1S/C17H16FN5S/c18-15-8-6-14(7-9-15)11-23-12-20-16(22-23)21-17(24)19-10-13-4-2-1-3-5-13/h1-9,12H,10-11H2,(H2,19,21,22,24). The molecule has 7 heteroatoms. The Morgan fingerprint density at radius 1 is 1.04 bits per heavy atom. The average molecular weight is 341 g/mol. The van der Waals surface area contributed by atoms with E-state index in [1.54, 1.807) is 23.1 Å². The van der Waals surface area contributed by atoms with Crippen molar-refractivity contribution in [3.05, 3.63) is 77.9 Å². The molecule has 2 aromatic carbocycles. The van der Waals surface area contributed by atoms with Crippen LogP contribution in [0.3, 0.4) is 0 Å². The number of rotatable bonds is 5. The van der Waals surface area contributed by atoms with Crippen molar-refractivity contribution in [2.45, 2.75) is 13.1 Å². The molecule has 0 unspecified atom stereocenters. The molecule has 24 heavy (non-hydrogen) atoms. The number of halogens is 1. The van der Waals surface area contributed by atoms with Crippen LogP contribution in [-0.4, -0.2) is 19.9 Å². The lowest BCUT2D eigenvalue weighted by Crippen LogP contribution is -2.28. The highest BCUT2D eigenvalue weighted by atomic mass is 32.1. The van der Waals surface area contributed by atoms with Gasteiger partial charge < -0.3 is 5.32 Å². The fourth-order valence-electron chi connectivity index (χ4n) is 2.13. The van der Waals surface area contributed by atoms with Gasteiger partial charge in [-0.15, -0.1) is 5.10 Å².